The summed E-state index contributed by atoms with van der Waals surface area (Å²) < 4.78 is 0.849. The Labute approximate surface area is 136 Å². The lowest BCUT2D eigenvalue weighted by molar-refractivity contribution is -0.141. The average Bonchev–Trinajstić information content (AvgIpc) is 3.00. The van der Waals surface area contributed by atoms with Gasteiger partial charge >= 0.3 is 11.7 Å². The number of hydrogen-bond acceptors (Lipinski definition) is 4. The molecule has 1 heterocycles. The Bertz CT molecular complexity index is 914. The Hall–Kier alpha value is -2.90. The van der Waals surface area contributed by atoms with Crippen LogP contribution in [0.3, 0.4) is 0 Å². The van der Waals surface area contributed by atoms with E-state index in [1.165, 1.54) is 0 Å². The van der Waals surface area contributed by atoms with E-state index in [1.807, 2.05) is 0 Å². The number of nitrogens with zero attached hydrogens (tertiary/aromatic N) is 1. The molecule has 3 rings (SSSR count). The molecule has 1 aliphatic rings. The normalized spacial score (nSPS) is 20.2. The number of aromatic nitrogens is 2. The smallest absolute Gasteiger partial charge is 0.329 e. The van der Waals surface area contributed by atoms with Gasteiger partial charge in [0.05, 0.1) is 16.8 Å². The molecule has 2 aromatic rings. The van der Waals surface area contributed by atoms with Crippen molar-refractivity contribution in [3.63, 3.8) is 0 Å². The zero-order valence-corrected chi connectivity index (χ0v) is 12.8. The summed E-state index contributed by atoms with van der Waals surface area (Å²) in [6.45, 7) is -0.396. The fourth-order valence-electron chi connectivity index (χ4n) is 3.10. The molecule has 0 bridgehead atoms. The summed E-state index contributed by atoms with van der Waals surface area (Å²) in [4.78, 5) is 50.0. The van der Waals surface area contributed by atoms with Crippen molar-refractivity contribution in [2.75, 3.05) is 0 Å². The number of amides is 1. The molecular formula is C16H17N3O5. The van der Waals surface area contributed by atoms with Crippen molar-refractivity contribution in [3.05, 3.63) is 45.1 Å². The van der Waals surface area contributed by atoms with Gasteiger partial charge in [-0.2, -0.15) is 0 Å². The summed E-state index contributed by atoms with van der Waals surface area (Å²) in [6.07, 6.45) is 1.45. The van der Waals surface area contributed by atoms with Crippen LogP contribution in [0.15, 0.2) is 33.9 Å². The van der Waals surface area contributed by atoms with Gasteiger partial charge in [0.2, 0.25) is 5.91 Å². The van der Waals surface area contributed by atoms with Crippen LogP contribution in [0.4, 0.5) is 0 Å². The van der Waals surface area contributed by atoms with Crippen LogP contribution in [0.1, 0.15) is 19.3 Å². The molecule has 1 aromatic carbocycles. The number of aliphatic carboxylic acids is 1. The van der Waals surface area contributed by atoms with Gasteiger partial charge in [-0.1, -0.05) is 12.1 Å². The standard InChI is InChI=1S/C16H17N3O5/c20-13(17-10-6-5-9(7-10)15(22)23)8-19-14(21)11-3-1-2-4-12(11)18-16(19)24/h1-4,9-10H,5-8H2,(H,17,20)(H,18,24)(H,22,23)/t9-,10+/m0/s1. The van der Waals surface area contributed by atoms with E-state index in [0.717, 1.165) is 4.57 Å². The lowest BCUT2D eigenvalue weighted by Crippen LogP contribution is -2.43. The fourth-order valence-corrected chi connectivity index (χ4v) is 3.10. The number of rotatable bonds is 4. The number of carbonyl (C=O) groups is 2. The van der Waals surface area contributed by atoms with Crippen molar-refractivity contribution in [2.24, 2.45) is 5.92 Å². The van der Waals surface area contributed by atoms with Crippen molar-refractivity contribution in [2.45, 2.75) is 31.8 Å². The van der Waals surface area contributed by atoms with E-state index in [0.29, 0.717) is 30.2 Å². The van der Waals surface area contributed by atoms with Gasteiger partial charge in [-0.05, 0) is 31.4 Å². The molecule has 1 fully saturated rings. The van der Waals surface area contributed by atoms with Crippen LogP contribution in [0.25, 0.3) is 10.9 Å². The van der Waals surface area contributed by atoms with Gasteiger partial charge < -0.3 is 15.4 Å². The largest absolute Gasteiger partial charge is 0.481 e. The van der Waals surface area contributed by atoms with Crippen LogP contribution in [0.5, 0.6) is 0 Å². The molecule has 0 spiro atoms. The Balaban J connectivity index is 1.76. The highest BCUT2D eigenvalue weighted by atomic mass is 16.4. The van der Waals surface area contributed by atoms with E-state index in [2.05, 4.69) is 10.3 Å². The second kappa shape index (κ2) is 6.31. The van der Waals surface area contributed by atoms with Crippen LogP contribution in [0.2, 0.25) is 0 Å². The zero-order chi connectivity index (χ0) is 17.3. The molecule has 1 amide bonds. The topological polar surface area (TPSA) is 121 Å². The second-order valence-electron chi connectivity index (χ2n) is 5.98. The van der Waals surface area contributed by atoms with Crippen molar-refractivity contribution in [1.82, 2.24) is 14.9 Å². The summed E-state index contributed by atoms with van der Waals surface area (Å²) in [7, 11) is 0. The third kappa shape index (κ3) is 3.08. The zero-order valence-electron chi connectivity index (χ0n) is 12.8. The second-order valence-corrected chi connectivity index (χ2v) is 5.98. The Morgan fingerprint density at radius 3 is 2.71 bits per heavy atom. The first-order valence-corrected chi connectivity index (χ1v) is 7.69. The molecular weight excluding hydrogens is 314 g/mol. The molecule has 3 N–H and O–H groups in total. The molecule has 2 atom stereocenters. The highest BCUT2D eigenvalue weighted by molar-refractivity contribution is 5.79. The number of fused-ring (bicyclic) bond motifs is 1. The van der Waals surface area contributed by atoms with Gasteiger partial charge in [0.1, 0.15) is 6.54 Å². The lowest BCUT2D eigenvalue weighted by Gasteiger charge is -2.13. The first-order valence-electron chi connectivity index (χ1n) is 7.69. The number of aromatic amines is 1. The molecule has 1 saturated carbocycles. The third-order valence-corrected chi connectivity index (χ3v) is 4.34. The van der Waals surface area contributed by atoms with Gasteiger partial charge in [-0.25, -0.2) is 4.79 Å². The number of carboxylic acid groups (broad SMARTS) is 1. The van der Waals surface area contributed by atoms with Gasteiger partial charge in [0.15, 0.2) is 0 Å². The molecule has 0 unspecified atom stereocenters. The molecule has 1 aromatic heterocycles. The monoisotopic (exact) mass is 331 g/mol. The summed E-state index contributed by atoms with van der Waals surface area (Å²) >= 11 is 0. The van der Waals surface area contributed by atoms with Crippen LogP contribution in [-0.2, 0) is 16.1 Å². The number of carbonyl (C=O) groups excluding carboxylic acids is 1. The Morgan fingerprint density at radius 2 is 2.00 bits per heavy atom. The molecule has 8 heteroatoms. The molecule has 0 saturated heterocycles. The maximum absolute atomic E-state index is 12.3. The van der Waals surface area contributed by atoms with E-state index >= 15 is 0 Å². The summed E-state index contributed by atoms with van der Waals surface area (Å²) in [5.74, 6) is -1.80. The number of hydrogen-bond donors (Lipinski definition) is 3. The predicted molar refractivity (Wildman–Crippen MR) is 85.7 cm³/mol. The lowest BCUT2D eigenvalue weighted by atomic mass is 10.1. The summed E-state index contributed by atoms with van der Waals surface area (Å²) in [5, 5.41) is 12.0. The number of carboxylic acids is 1. The minimum Gasteiger partial charge on any atom is -0.481 e. The average molecular weight is 331 g/mol. The summed E-state index contributed by atoms with van der Waals surface area (Å²) in [5.41, 5.74) is -0.757. The van der Waals surface area contributed by atoms with Crippen LogP contribution in [-0.4, -0.2) is 32.6 Å². The van der Waals surface area contributed by atoms with E-state index in [9.17, 15) is 19.2 Å². The number of nitrogens with one attached hydrogen (secondary N) is 2. The van der Waals surface area contributed by atoms with Crippen molar-refractivity contribution >= 4 is 22.8 Å². The molecule has 0 aliphatic heterocycles. The van der Waals surface area contributed by atoms with Crippen LogP contribution in [0, 0.1) is 5.92 Å². The maximum atomic E-state index is 12.3. The maximum Gasteiger partial charge on any atom is 0.329 e. The molecule has 1 aliphatic carbocycles. The molecule has 0 radical (unpaired) electrons. The van der Waals surface area contributed by atoms with Crippen molar-refractivity contribution in [1.29, 1.82) is 0 Å². The van der Waals surface area contributed by atoms with Crippen LogP contribution >= 0.6 is 0 Å². The van der Waals surface area contributed by atoms with E-state index < -0.39 is 35.6 Å². The highest BCUT2D eigenvalue weighted by Gasteiger charge is 2.30. The van der Waals surface area contributed by atoms with Crippen molar-refractivity contribution < 1.29 is 14.7 Å². The van der Waals surface area contributed by atoms with E-state index in [1.54, 1.807) is 24.3 Å². The van der Waals surface area contributed by atoms with Crippen molar-refractivity contribution in [3.8, 4) is 0 Å². The first-order chi connectivity index (χ1) is 11.5. The number of para-hydroxylation sites is 1. The van der Waals surface area contributed by atoms with Gasteiger partial charge in [0, 0.05) is 6.04 Å². The van der Waals surface area contributed by atoms with Gasteiger partial charge in [-0.3, -0.25) is 19.0 Å². The number of H-pyrrole nitrogens is 1. The van der Waals surface area contributed by atoms with Crippen LogP contribution < -0.4 is 16.6 Å². The first kappa shape index (κ1) is 16.0. The highest BCUT2D eigenvalue weighted by Crippen LogP contribution is 2.25. The molecule has 126 valence electrons. The summed E-state index contributed by atoms with van der Waals surface area (Å²) in [6, 6.07) is 6.34. The van der Waals surface area contributed by atoms with Gasteiger partial charge in [0.25, 0.3) is 5.56 Å². The quantitative estimate of drug-likeness (QED) is 0.731. The SMILES string of the molecule is O=C(Cn1c(=O)[nH]c2ccccc2c1=O)N[C@@H]1CC[C@H](C(=O)O)C1. The Kier molecular flexibility index (Phi) is 4.20. The predicted octanol–water partition coefficient (Wildman–Crippen LogP) is 0.0593. The minimum absolute atomic E-state index is 0.242. The molecule has 8 nitrogen and oxygen atoms in total. The van der Waals surface area contributed by atoms with E-state index in [-0.39, 0.29) is 6.04 Å². The minimum atomic E-state index is -0.867. The third-order valence-electron chi connectivity index (χ3n) is 4.34. The van der Waals surface area contributed by atoms with Gasteiger partial charge in [-0.15, -0.1) is 0 Å². The molecule has 24 heavy (non-hydrogen) atoms. The number of benzene rings is 1. The fraction of sp³-hybridized carbons (Fsp3) is 0.375. The Morgan fingerprint density at radius 1 is 1.25 bits per heavy atom. The van der Waals surface area contributed by atoms with E-state index in [4.69, 9.17) is 5.11 Å².